The minimum absolute atomic E-state index is 0.454. The lowest BCUT2D eigenvalue weighted by molar-refractivity contribution is 0.166. The lowest BCUT2D eigenvalue weighted by Crippen LogP contribution is -2.45. The molecule has 1 aliphatic heterocycles. The first-order valence-corrected chi connectivity index (χ1v) is 8.95. The lowest BCUT2D eigenvalue weighted by Gasteiger charge is -2.39. The minimum atomic E-state index is 0.454. The average Bonchev–Trinajstić information content (AvgIpc) is 2.40. The van der Waals surface area contributed by atoms with Gasteiger partial charge in [-0.1, -0.05) is 53.4 Å². The maximum atomic E-state index is 3.82. The van der Waals surface area contributed by atoms with Gasteiger partial charge in [0.25, 0.3) is 0 Å². The van der Waals surface area contributed by atoms with E-state index in [4.69, 9.17) is 0 Å². The number of rotatable bonds is 10. The molecule has 0 saturated carbocycles. The Morgan fingerprint density at radius 3 is 2.35 bits per heavy atom. The van der Waals surface area contributed by atoms with Gasteiger partial charge in [0.2, 0.25) is 0 Å². The molecule has 2 heteroatoms. The minimum Gasteiger partial charge on any atom is -0.317 e. The van der Waals surface area contributed by atoms with Crippen LogP contribution >= 0.6 is 0 Å². The fourth-order valence-electron chi connectivity index (χ4n) is 3.61. The number of hydrogen-bond donors (Lipinski definition) is 2. The molecule has 0 radical (unpaired) electrons. The Balaban J connectivity index is 2.32. The smallest absolute Gasteiger partial charge is 0.000899 e. The van der Waals surface area contributed by atoms with E-state index in [-0.39, 0.29) is 0 Å². The normalized spacial score (nSPS) is 19.2. The van der Waals surface area contributed by atoms with Crippen LogP contribution in [0.1, 0.15) is 79.1 Å². The highest BCUT2D eigenvalue weighted by Gasteiger charge is 2.31. The van der Waals surface area contributed by atoms with E-state index in [9.17, 15) is 0 Å². The van der Waals surface area contributed by atoms with Gasteiger partial charge in [0, 0.05) is 13.1 Å². The Labute approximate surface area is 127 Å². The van der Waals surface area contributed by atoms with Gasteiger partial charge in [0.15, 0.2) is 0 Å². The van der Waals surface area contributed by atoms with Crippen LogP contribution in [-0.2, 0) is 0 Å². The third-order valence-corrected chi connectivity index (χ3v) is 5.01. The van der Waals surface area contributed by atoms with E-state index in [1.165, 1.54) is 77.5 Å². The molecule has 0 unspecified atom stereocenters. The van der Waals surface area contributed by atoms with Crippen molar-refractivity contribution in [3.63, 3.8) is 0 Å². The van der Waals surface area contributed by atoms with Crippen molar-refractivity contribution in [2.75, 3.05) is 26.2 Å². The highest BCUT2D eigenvalue weighted by molar-refractivity contribution is 4.87. The summed E-state index contributed by atoms with van der Waals surface area (Å²) in [5.74, 6) is 0. The van der Waals surface area contributed by atoms with Gasteiger partial charge in [-0.15, -0.1) is 0 Å². The molecule has 1 saturated heterocycles. The van der Waals surface area contributed by atoms with E-state index < -0.39 is 0 Å². The van der Waals surface area contributed by atoms with Gasteiger partial charge in [-0.2, -0.15) is 0 Å². The highest BCUT2D eigenvalue weighted by atomic mass is 14.9. The van der Waals surface area contributed by atoms with Crippen molar-refractivity contribution >= 4 is 0 Å². The molecule has 0 aromatic rings. The summed E-state index contributed by atoms with van der Waals surface area (Å²) in [6.45, 7) is 14.3. The van der Waals surface area contributed by atoms with E-state index in [0.29, 0.717) is 10.8 Å². The molecule has 2 N–H and O–H groups in total. The molecule has 20 heavy (non-hydrogen) atoms. The van der Waals surface area contributed by atoms with Crippen molar-refractivity contribution in [2.45, 2.75) is 79.1 Å². The molecule has 0 bridgehead atoms. The zero-order valence-corrected chi connectivity index (χ0v) is 14.5. The van der Waals surface area contributed by atoms with Gasteiger partial charge in [-0.25, -0.2) is 0 Å². The average molecular weight is 283 g/mol. The van der Waals surface area contributed by atoms with E-state index in [2.05, 4.69) is 38.3 Å². The molecule has 0 amide bonds. The van der Waals surface area contributed by atoms with Gasteiger partial charge < -0.3 is 10.6 Å². The first-order chi connectivity index (χ1) is 9.54. The van der Waals surface area contributed by atoms with Crippen LogP contribution in [0.2, 0.25) is 0 Å². The number of unbranched alkanes of at least 4 members (excludes halogenated alkanes) is 2. The summed E-state index contributed by atoms with van der Waals surface area (Å²) in [6, 6.07) is 0. The highest BCUT2D eigenvalue weighted by Crippen LogP contribution is 2.33. The van der Waals surface area contributed by atoms with Crippen molar-refractivity contribution in [3.8, 4) is 0 Å². The first kappa shape index (κ1) is 18.0. The molecule has 2 nitrogen and oxygen atoms in total. The van der Waals surface area contributed by atoms with Crippen molar-refractivity contribution in [2.24, 2.45) is 10.8 Å². The Kier molecular flexibility index (Phi) is 8.13. The van der Waals surface area contributed by atoms with Gasteiger partial charge >= 0.3 is 0 Å². The zero-order chi connectivity index (χ0) is 14.9. The van der Waals surface area contributed by atoms with Crippen molar-refractivity contribution < 1.29 is 0 Å². The molecule has 1 rings (SSSR count). The molecule has 0 aromatic carbocycles. The van der Waals surface area contributed by atoms with Crippen LogP contribution in [0.15, 0.2) is 0 Å². The first-order valence-electron chi connectivity index (χ1n) is 8.95. The van der Waals surface area contributed by atoms with Crippen molar-refractivity contribution in [1.82, 2.24) is 10.6 Å². The van der Waals surface area contributed by atoms with Crippen LogP contribution in [0.3, 0.4) is 0 Å². The van der Waals surface area contributed by atoms with Crippen LogP contribution in [0, 0.1) is 10.8 Å². The van der Waals surface area contributed by atoms with Gasteiger partial charge in [-0.3, -0.25) is 0 Å². The van der Waals surface area contributed by atoms with Crippen LogP contribution in [0.4, 0.5) is 0 Å². The predicted molar refractivity (Wildman–Crippen MR) is 90.2 cm³/mol. The molecule has 0 atom stereocenters. The summed E-state index contributed by atoms with van der Waals surface area (Å²) in [5.41, 5.74) is 1.02. The second kappa shape index (κ2) is 9.04. The van der Waals surface area contributed by atoms with Crippen molar-refractivity contribution in [3.05, 3.63) is 0 Å². The molecular formula is C18H38N2. The Morgan fingerprint density at radius 1 is 1.05 bits per heavy atom. The third-order valence-electron chi connectivity index (χ3n) is 5.01. The standard InChI is InChI=1S/C18H38N2/c1-5-7-8-10-17(3,4)15-20-16-18(9-6-2)11-13-19-14-12-18/h19-20H,5-16H2,1-4H3. The van der Waals surface area contributed by atoms with Gasteiger partial charge in [0.1, 0.15) is 0 Å². The van der Waals surface area contributed by atoms with Crippen molar-refractivity contribution in [1.29, 1.82) is 0 Å². The number of piperidine rings is 1. The van der Waals surface area contributed by atoms with Gasteiger partial charge in [0.05, 0.1) is 0 Å². The largest absolute Gasteiger partial charge is 0.317 e. The maximum Gasteiger partial charge on any atom is 0.000899 e. The second-order valence-electron chi connectivity index (χ2n) is 7.72. The van der Waals surface area contributed by atoms with E-state index in [1.54, 1.807) is 0 Å². The SMILES string of the molecule is CCCCCC(C)(C)CNCC1(CCC)CCNCC1. The summed E-state index contributed by atoms with van der Waals surface area (Å²) in [7, 11) is 0. The summed E-state index contributed by atoms with van der Waals surface area (Å²) in [4.78, 5) is 0. The molecule has 0 spiro atoms. The van der Waals surface area contributed by atoms with E-state index in [1.807, 2.05) is 0 Å². The Morgan fingerprint density at radius 2 is 1.75 bits per heavy atom. The summed E-state index contributed by atoms with van der Waals surface area (Å²) in [5, 5.41) is 7.33. The maximum absolute atomic E-state index is 3.82. The number of nitrogens with one attached hydrogen (secondary N) is 2. The summed E-state index contributed by atoms with van der Waals surface area (Å²) < 4.78 is 0. The van der Waals surface area contributed by atoms with E-state index >= 15 is 0 Å². The monoisotopic (exact) mass is 282 g/mol. The Bertz CT molecular complexity index is 236. The fourth-order valence-corrected chi connectivity index (χ4v) is 3.61. The molecule has 1 fully saturated rings. The fraction of sp³-hybridized carbons (Fsp3) is 1.00. The third kappa shape index (κ3) is 6.58. The van der Waals surface area contributed by atoms with Crippen LogP contribution in [-0.4, -0.2) is 26.2 Å². The lowest BCUT2D eigenvalue weighted by atomic mass is 9.75. The number of hydrogen-bond acceptors (Lipinski definition) is 2. The zero-order valence-electron chi connectivity index (χ0n) is 14.5. The van der Waals surface area contributed by atoms with E-state index in [0.717, 1.165) is 0 Å². The predicted octanol–water partition coefficient (Wildman–Crippen LogP) is 4.35. The second-order valence-corrected chi connectivity index (χ2v) is 7.72. The topological polar surface area (TPSA) is 24.1 Å². The van der Waals surface area contributed by atoms with Crippen LogP contribution < -0.4 is 10.6 Å². The van der Waals surface area contributed by atoms with Crippen LogP contribution in [0.25, 0.3) is 0 Å². The summed E-state index contributed by atoms with van der Waals surface area (Å²) >= 11 is 0. The molecule has 1 aliphatic rings. The Hall–Kier alpha value is -0.0800. The van der Waals surface area contributed by atoms with Crippen LogP contribution in [0.5, 0.6) is 0 Å². The summed E-state index contributed by atoms with van der Waals surface area (Å²) in [6.07, 6.45) is 10.9. The molecule has 1 heterocycles. The molecule has 0 aliphatic carbocycles. The molecule has 120 valence electrons. The quantitative estimate of drug-likeness (QED) is 0.582. The molecular weight excluding hydrogens is 244 g/mol. The molecule has 0 aromatic heterocycles. The van der Waals surface area contributed by atoms with Gasteiger partial charge in [-0.05, 0) is 49.6 Å².